The van der Waals surface area contributed by atoms with Crippen molar-refractivity contribution in [2.45, 2.75) is 40.2 Å². The maximum atomic E-state index is 12.4. The lowest BCUT2D eigenvalue weighted by Gasteiger charge is -2.21. The molecule has 2 aromatic rings. The second-order valence-electron chi connectivity index (χ2n) is 4.97. The first-order valence-corrected chi connectivity index (χ1v) is 8.48. The molecule has 0 spiro atoms. The standard InChI is InChI=1S/C16H16OS2/c1-11(2)19(17)16-9-5-8-15-13(16)10-12-6-3-4-7-14(12)18-15/h3-9,11H,10H2,1-2H3. The van der Waals surface area contributed by atoms with Crippen molar-refractivity contribution < 1.29 is 4.21 Å². The van der Waals surface area contributed by atoms with E-state index in [2.05, 4.69) is 30.3 Å². The zero-order chi connectivity index (χ0) is 13.4. The summed E-state index contributed by atoms with van der Waals surface area (Å²) in [5, 5.41) is 0.161. The van der Waals surface area contributed by atoms with Gasteiger partial charge in [0.1, 0.15) is 0 Å². The molecule has 1 nitrogen and oxygen atoms in total. The molecule has 0 saturated heterocycles. The summed E-state index contributed by atoms with van der Waals surface area (Å²) in [6.45, 7) is 4.03. The highest BCUT2D eigenvalue weighted by atomic mass is 32.2. The Bertz CT molecular complexity index is 647. The fourth-order valence-corrected chi connectivity index (χ4v) is 4.63. The van der Waals surface area contributed by atoms with E-state index < -0.39 is 10.8 Å². The summed E-state index contributed by atoms with van der Waals surface area (Å²) in [5.74, 6) is 0. The van der Waals surface area contributed by atoms with E-state index in [0.717, 1.165) is 11.3 Å². The molecule has 0 N–H and O–H groups in total. The van der Waals surface area contributed by atoms with Crippen LogP contribution in [0.4, 0.5) is 0 Å². The second kappa shape index (κ2) is 5.14. The van der Waals surface area contributed by atoms with Crippen molar-refractivity contribution >= 4 is 22.6 Å². The minimum Gasteiger partial charge on any atom is -0.254 e. The zero-order valence-corrected chi connectivity index (χ0v) is 12.7. The van der Waals surface area contributed by atoms with Crippen molar-refractivity contribution in [2.75, 3.05) is 0 Å². The fourth-order valence-electron chi connectivity index (χ4n) is 2.32. The van der Waals surface area contributed by atoms with Crippen LogP contribution in [0.1, 0.15) is 25.0 Å². The lowest BCUT2D eigenvalue weighted by Crippen LogP contribution is -2.11. The van der Waals surface area contributed by atoms with Crippen LogP contribution in [0.3, 0.4) is 0 Å². The summed E-state index contributed by atoms with van der Waals surface area (Å²) >= 11 is 1.79. The molecule has 0 bridgehead atoms. The molecule has 0 aliphatic carbocycles. The smallest absolute Gasteiger partial charge is 0.0558 e. The van der Waals surface area contributed by atoms with E-state index in [0.29, 0.717) is 0 Å². The lowest BCUT2D eigenvalue weighted by molar-refractivity contribution is 0.675. The molecule has 98 valence electrons. The molecule has 2 aromatic carbocycles. The van der Waals surface area contributed by atoms with Crippen LogP contribution in [0.2, 0.25) is 0 Å². The van der Waals surface area contributed by atoms with Crippen LogP contribution < -0.4 is 0 Å². The van der Waals surface area contributed by atoms with Gasteiger partial charge in [0.05, 0.1) is 10.8 Å². The van der Waals surface area contributed by atoms with Gasteiger partial charge in [0.25, 0.3) is 0 Å². The van der Waals surface area contributed by atoms with Crippen LogP contribution in [-0.2, 0) is 17.2 Å². The van der Waals surface area contributed by atoms with E-state index in [1.54, 1.807) is 11.8 Å². The van der Waals surface area contributed by atoms with Gasteiger partial charge in [-0.05, 0) is 29.3 Å². The number of benzene rings is 2. The molecule has 1 aliphatic rings. The van der Waals surface area contributed by atoms with Crippen LogP contribution >= 0.6 is 11.8 Å². The lowest BCUT2D eigenvalue weighted by atomic mass is 10.0. The Labute approximate surface area is 120 Å². The molecule has 19 heavy (non-hydrogen) atoms. The van der Waals surface area contributed by atoms with Gasteiger partial charge >= 0.3 is 0 Å². The Balaban J connectivity index is 2.09. The van der Waals surface area contributed by atoms with E-state index in [1.165, 1.54) is 20.9 Å². The van der Waals surface area contributed by atoms with Gasteiger partial charge in [-0.1, -0.05) is 49.9 Å². The molecule has 0 amide bonds. The van der Waals surface area contributed by atoms with Crippen LogP contribution in [0.25, 0.3) is 0 Å². The topological polar surface area (TPSA) is 17.1 Å². The maximum absolute atomic E-state index is 12.4. The monoisotopic (exact) mass is 288 g/mol. The Hall–Kier alpha value is -1.06. The minimum absolute atomic E-state index is 0.161. The molecule has 0 aromatic heterocycles. The molecular weight excluding hydrogens is 272 g/mol. The first-order valence-electron chi connectivity index (χ1n) is 6.45. The minimum atomic E-state index is -0.915. The molecule has 3 rings (SSSR count). The number of fused-ring (bicyclic) bond motifs is 2. The molecule has 0 fully saturated rings. The van der Waals surface area contributed by atoms with Gasteiger partial charge in [0.2, 0.25) is 0 Å². The van der Waals surface area contributed by atoms with Gasteiger partial charge in [-0.2, -0.15) is 0 Å². The van der Waals surface area contributed by atoms with Gasteiger partial charge < -0.3 is 0 Å². The van der Waals surface area contributed by atoms with Gasteiger partial charge in [-0.3, -0.25) is 4.21 Å². The first kappa shape index (κ1) is 12.9. The molecular formula is C16H16OS2. The highest BCUT2D eigenvalue weighted by molar-refractivity contribution is 7.99. The Morgan fingerprint density at radius 3 is 2.58 bits per heavy atom. The van der Waals surface area contributed by atoms with E-state index in [1.807, 2.05) is 26.0 Å². The average Bonchev–Trinajstić information content (AvgIpc) is 2.43. The molecule has 3 heteroatoms. The number of hydrogen-bond acceptors (Lipinski definition) is 2. The van der Waals surface area contributed by atoms with Crippen molar-refractivity contribution in [3.8, 4) is 0 Å². The molecule has 1 heterocycles. The van der Waals surface area contributed by atoms with E-state index in [4.69, 9.17) is 0 Å². The van der Waals surface area contributed by atoms with Crippen molar-refractivity contribution in [2.24, 2.45) is 0 Å². The summed E-state index contributed by atoms with van der Waals surface area (Å²) in [4.78, 5) is 3.59. The van der Waals surface area contributed by atoms with Gasteiger partial charge in [-0.25, -0.2) is 0 Å². The molecule has 1 aliphatic heterocycles. The van der Waals surface area contributed by atoms with Crippen LogP contribution in [0.15, 0.2) is 57.2 Å². The third-order valence-electron chi connectivity index (χ3n) is 3.29. The Morgan fingerprint density at radius 1 is 1.05 bits per heavy atom. The molecule has 1 atom stereocenters. The third kappa shape index (κ3) is 2.37. The van der Waals surface area contributed by atoms with Crippen molar-refractivity contribution in [3.05, 3.63) is 53.6 Å². The normalized spacial score (nSPS) is 14.9. The van der Waals surface area contributed by atoms with Gasteiger partial charge in [0, 0.05) is 26.4 Å². The van der Waals surface area contributed by atoms with Crippen LogP contribution in [0.5, 0.6) is 0 Å². The second-order valence-corrected chi connectivity index (χ2v) is 8.03. The maximum Gasteiger partial charge on any atom is 0.0558 e. The number of rotatable bonds is 2. The first-order chi connectivity index (χ1) is 9.16. The average molecular weight is 288 g/mol. The summed E-state index contributed by atoms with van der Waals surface area (Å²) in [7, 11) is -0.915. The quantitative estimate of drug-likeness (QED) is 0.701. The van der Waals surface area contributed by atoms with Crippen molar-refractivity contribution in [1.82, 2.24) is 0 Å². The zero-order valence-electron chi connectivity index (χ0n) is 11.1. The van der Waals surface area contributed by atoms with E-state index >= 15 is 0 Å². The summed E-state index contributed by atoms with van der Waals surface area (Å²) in [6, 6.07) is 14.7. The van der Waals surface area contributed by atoms with Crippen LogP contribution in [0, 0.1) is 0 Å². The highest BCUT2D eigenvalue weighted by Crippen LogP contribution is 2.41. The summed E-state index contributed by atoms with van der Waals surface area (Å²) in [5.41, 5.74) is 2.59. The molecule has 0 saturated carbocycles. The molecule has 1 unspecified atom stereocenters. The Morgan fingerprint density at radius 2 is 1.79 bits per heavy atom. The predicted molar refractivity (Wildman–Crippen MR) is 81.4 cm³/mol. The van der Waals surface area contributed by atoms with E-state index in [-0.39, 0.29) is 5.25 Å². The van der Waals surface area contributed by atoms with Gasteiger partial charge in [-0.15, -0.1) is 0 Å². The predicted octanol–water partition coefficient (Wildman–Crippen LogP) is 4.26. The van der Waals surface area contributed by atoms with Crippen LogP contribution in [-0.4, -0.2) is 9.46 Å². The third-order valence-corrected chi connectivity index (χ3v) is 6.19. The van der Waals surface area contributed by atoms with Crippen molar-refractivity contribution in [1.29, 1.82) is 0 Å². The summed E-state index contributed by atoms with van der Waals surface area (Å²) < 4.78 is 12.4. The van der Waals surface area contributed by atoms with Gasteiger partial charge in [0.15, 0.2) is 0 Å². The highest BCUT2D eigenvalue weighted by Gasteiger charge is 2.21. The summed E-state index contributed by atoms with van der Waals surface area (Å²) in [6.07, 6.45) is 0.896. The largest absolute Gasteiger partial charge is 0.254 e. The SMILES string of the molecule is CC(C)S(=O)c1cccc2c1Cc1ccccc1S2. The fraction of sp³-hybridized carbons (Fsp3) is 0.250. The Kier molecular flexibility index (Phi) is 3.50. The van der Waals surface area contributed by atoms with Crippen molar-refractivity contribution in [3.63, 3.8) is 0 Å². The molecule has 0 radical (unpaired) electrons. The number of hydrogen-bond donors (Lipinski definition) is 0. The van der Waals surface area contributed by atoms with E-state index in [9.17, 15) is 4.21 Å².